The minimum Gasteiger partial charge on any atom is -0.480 e. The van der Waals surface area contributed by atoms with Crippen LogP contribution in [0.25, 0.3) is 0 Å². The van der Waals surface area contributed by atoms with Gasteiger partial charge in [-0.1, -0.05) is 6.92 Å². The van der Waals surface area contributed by atoms with Gasteiger partial charge in [-0.15, -0.1) is 0 Å². The number of hydrogen-bond donors (Lipinski definition) is 2. The molecule has 0 fully saturated rings. The van der Waals surface area contributed by atoms with Crippen LogP contribution in [0.5, 0.6) is 0 Å². The van der Waals surface area contributed by atoms with Crippen molar-refractivity contribution in [1.82, 2.24) is 20.1 Å². The summed E-state index contributed by atoms with van der Waals surface area (Å²) in [6.45, 7) is 2.10. The van der Waals surface area contributed by atoms with Crippen LogP contribution >= 0.6 is 0 Å². The third-order valence-electron chi connectivity index (χ3n) is 2.08. The molecule has 0 aromatic carbocycles. The maximum Gasteiger partial charge on any atom is 0.326 e. The van der Waals surface area contributed by atoms with E-state index in [1.165, 1.54) is 17.3 Å². The Balaban J connectivity index is 2.33. The molecule has 0 aliphatic rings. The van der Waals surface area contributed by atoms with Crippen molar-refractivity contribution in [2.45, 2.75) is 32.4 Å². The molecule has 1 aromatic heterocycles. The lowest BCUT2D eigenvalue weighted by Gasteiger charge is -2.11. The van der Waals surface area contributed by atoms with Gasteiger partial charge in [-0.25, -0.2) is 9.78 Å². The first-order valence-corrected chi connectivity index (χ1v) is 4.98. The van der Waals surface area contributed by atoms with Crippen molar-refractivity contribution in [1.29, 1.82) is 0 Å². The van der Waals surface area contributed by atoms with Crippen LogP contribution in [0.3, 0.4) is 0 Å². The number of nitrogens with one attached hydrogen (secondary N) is 1. The Hall–Kier alpha value is -1.92. The van der Waals surface area contributed by atoms with Gasteiger partial charge in [0.2, 0.25) is 5.91 Å². The van der Waals surface area contributed by atoms with E-state index in [1.54, 1.807) is 6.92 Å². The van der Waals surface area contributed by atoms with E-state index in [0.717, 1.165) is 0 Å². The summed E-state index contributed by atoms with van der Waals surface area (Å²) in [5, 5.41) is 15.0. The van der Waals surface area contributed by atoms with Crippen molar-refractivity contribution < 1.29 is 14.7 Å². The van der Waals surface area contributed by atoms with Gasteiger partial charge in [-0.3, -0.25) is 9.48 Å². The highest BCUT2D eigenvalue weighted by Gasteiger charge is 2.16. The number of carboxylic acid groups (broad SMARTS) is 1. The number of carbonyl (C=O) groups is 2. The molecule has 1 amide bonds. The van der Waals surface area contributed by atoms with Gasteiger partial charge in [0.25, 0.3) is 0 Å². The quantitative estimate of drug-likeness (QED) is 0.690. The molecule has 1 rings (SSSR count). The third-order valence-corrected chi connectivity index (χ3v) is 2.08. The zero-order valence-electron chi connectivity index (χ0n) is 8.96. The summed E-state index contributed by atoms with van der Waals surface area (Å²) in [7, 11) is 0. The highest BCUT2D eigenvalue weighted by molar-refractivity contribution is 5.83. The number of aromatic nitrogens is 3. The summed E-state index contributed by atoms with van der Waals surface area (Å²) in [6, 6.07) is -0.816. The lowest BCUT2D eigenvalue weighted by Crippen LogP contribution is -2.40. The molecule has 88 valence electrons. The van der Waals surface area contributed by atoms with Crippen LogP contribution in [0.4, 0.5) is 0 Å². The van der Waals surface area contributed by atoms with Crippen molar-refractivity contribution in [3.8, 4) is 0 Å². The first-order valence-electron chi connectivity index (χ1n) is 4.98. The molecule has 1 atom stereocenters. The molecule has 0 saturated carbocycles. The molecule has 1 aromatic rings. The number of carboxylic acids is 1. The molecule has 0 bridgehead atoms. The van der Waals surface area contributed by atoms with Crippen LogP contribution in [0.15, 0.2) is 12.7 Å². The zero-order valence-corrected chi connectivity index (χ0v) is 8.96. The van der Waals surface area contributed by atoms with Crippen molar-refractivity contribution in [2.24, 2.45) is 0 Å². The second-order valence-electron chi connectivity index (χ2n) is 3.28. The monoisotopic (exact) mass is 226 g/mol. The molecule has 0 aliphatic heterocycles. The molecule has 0 radical (unpaired) electrons. The molecular formula is C9H14N4O3. The fourth-order valence-electron chi connectivity index (χ4n) is 1.17. The number of hydrogen-bond acceptors (Lipinski definition) is 4. The molecule has 16 heavy (non-hydrogen) atoms. The Bertz CT molecular complexity index is 350. The number of rotatable bonds is 6. The minimum atomic E-state index is -1.02. The maximum atomic E-state index is 11.4. The fraction of sp³-hybridized carbons (Fsp3) is 0.556. The van der Waals surface area contributed by atoms with Gasteiger partial charge in [-0.2, -0.15) is 5.10 Å². The Morgan fingerprint density at radius 2 is 2.31 bits per heavy atom. The van der Waals surface area contributed by atoms with Crippen molar-refractivity contribution in [3.05, 3.63) is 12.7 Å². The lowest BCUT2D eigenvalue weighted by atomic mass is 10.2. The zero-order chi connectivity index (χ0) is 12.0. The van der Waals surface area contributed by atoms with Crippen molar-refractivity contribution in [2.75, 3.05) is 0 Å². The lowest BCUT2D eigenvalue weighted by molar-refractivity contribution is -0.141. The summed E-state index contributed by atoms with van der Waals surface area (Å²) >= 11 is 0. The smallest absolute Gasteiger partial charge is 0.326 e. The van der Waals surface area contributed by atoms with E-state index in [1.807, 2.05) is 0 Å². The van der Waals surface area contributed by atoms with Crippen LogP contribution in [0, 0.1) is 0 Å². The molecule has 7 heteroatoms. The Morgan fingerprint density at radius 1 is 1.56 bits per heavy atom. The van der Waals surface area contributed by atoms with Crippen molar-refractivity contribution in [3.63, 3.8) is 0 Å². The van der Waals surface area contributed by atoms with Crippen molar-refractivity contribution >= 4 is 11.9 Å². The molecular weight excluding hydrogens is 212 g/mol. The van der Waals surface area contributed by atoms with E-state index in [0.29, 0.717) is 13.0 Å². The molecule has 2 N–H and O–H groups in total. The first kappa shape index (κ1) is 12.2. The molecule has 0 saturated heterocycles. The standard InChI is InChI=1S/C9H14N4O3/c1-2-7(9(15)16)12-8(14)3-4-13-6-10-5-11-13/h5-7H,2-4H2,1H3,(H,12,14)(H,15,16)/t7-/m1/s1. The molecule has 0 spiro atoms. The second kappa shape index (κ2) is 5.84. The molecule has 7 nitrogen and oxygen atoms in total. The minimum absolute atomic E-state index is 0.188. The SMILES string of the molecule is CC[C@@H](NC(=O)CCn1cncn1)C(=O)O. The average molecular weight is 226 g/mol. The average Bonchev–Trinajstić information content (AvgIpc) is 2.75. The Morgan fingerprint density at radius 3 is 2.81 bits per heavy atom. The van der Waals surface area contributed by atoms with Crippen LogP contribution in [-0.4, -0.2) is 37.8 Å². The van der Waals surface area contributed by atoms with E-state index >= 15 is 0 Å². The first-order chi connectivity index (χ1) is 7.63. The normalized spacial score (nSPS) is 12.1. The highest BCUT2D eigenvalue weighted by atomic mass is 16.4. The summed E-state index contributed by atoms with van der Waals surface area (Å²) < 4.78 is 1.52. The summed E-state index contributed by atoms with van der Waals surface area (Å²) in [5.41, 5.74) is 0. The summed E-state index contributed by atoms with van der Waals surface area (Å²) in [6.07, 6.45) is 3.43. The van der Waals surface area contributed by atoms with Crippen LogP contribution in [0.2, 0.25) is 0 Å². The van der Waals surface area contributed by atoms with Crippen LogP contribution < -0.4 is 5.32 Å². The fourth-order valence-corrected chi connectivity index (χ4v) is 1.17. The maximum absolute atomic E-state index is 11.4. The van der Waals surface area contributed by atoms with E-state index < -0.39 is 12.0 Å². The largest absolute Gasteiger partial charge is 0.480 e. The van der Waals surface area contributed by atoms with Crippen LogP contribution in [-0.2, 0) is 16.1 Å². The van der Waals surface area contributed by atoms with E-state index in [2.05, 4.69) is 15.4 Å². The summed E-state index contributed by atoms with van der Waals surface area (Å²) in [4.78, 5) is 25.8. The van der Waals surface area contributed by atoms with Gasteiger partial charge in [-0.05, 0) is 6.42 Å². The van der Waals surface area contributed by atoms with E-state index in [9.17, 15) is 9.59 Å². The van der Waals surface area contributed by atoms with Gasteiger partial charge in [0.05, 0.1) is 6.54 Å². The number of aliphatic carboxylic acids is 1. The predicted molar refractivity (Wildman–Crippen MR) is 54.5 cm³/mol. The molecule has 0 unspecified atom stereocenters. The number of aryl methyl sites for hydroxylation is 1. The Kier molecular flexibility index (Phi) is 4.43. The van der Waals surface area contributed by atoms with Gasteiger partial charge in [0.15, 0.2) is 0 Å². The van der Waals surface area contributed by atoms with Gasteiger partial charge in [0, 0.05) is 6.42 Å². The molecule has 1 heterocycles. The highest BCUT2D eigenvalue weighted by Crippen LogP contribution is 1.93. The van der Waals surface area contributed by atoms with Crippen LogP contribution in [0.1, 0.15) is 19.8 Å². The predicted octanol–water partition coefficient (Wildman–Crippen LogP) is -0.352. The number of amides is 1. The van der Waals surface area contributed by atoms with Gasteiger partial charge < -0.3 is 10.4 Å². The topological polar surface area (TPSA) is 97.1 Å². The second-order valence-corrected chi connectivity index (χ2v) is 3.28. The third kappa shape index (κ3) is 3.68. The number of nitrogens with zero attached hydrogens (tertiary/aromatic N) is 3. The Labute approximate surface area is 92.5 Å². The summed E-state index contributed by atoms with van der Waals surface area (Å²) in [5.74, 6) is -1.32. The van der Waals surface area contributed by atoms with Gasteiger partial charge in [0.1, 0.15) is 18.7 Å². The van der Waals surface area contributed by atoms with Gasteiger partial charge >= 0.3 is 5.97 Å². The van der Waals surface area contributed by atoms with E-state index in [4.69, 9.17) is 5.11 Å². The number of carbonyl (C=O) groups excluding carboxylic acids is 1. The van der Waals surface area contributed by atoms with E-state index in [-0.39, 0.29) is 12.3 Å². The molecule has 0 aliphatic carbocycles.